The van der Waals surface area contributed by atoms with Crippen molar-refractivity contribution in [2.45, 2.75) is 37.6 Å². The highest BCUT2D eigenvalue weighted by molar-refractivity contribution is 9.10. The van der Waals surface area contributed by atoms with Crippen LogP contribution in [0.15, 0.2) is 21.5 Å². The first-order valence-corrected chi connectivity index (χ1v) is 9.38. The molecule has 1 aromatic carbocycles. The fraction of sp³-hybridized carbons (Fsp3) is 0.500. The minimum Gasteiger partial charge on any atom is -0.325 e. The molecule has 130 valence electrons. The van der Waals surface area contributed by atoms with Gasteiger partial charge in [-0.15, -0.1) is 12.4 Å². The normalized spacial score (nSPS) is 18.1. The van der Waals surface area contributed by atoms with Gasteiger partial charge in [-0.3, -0.25) is 4.79 Å². The lowest BCUT2D eigenvalue weighted by Crippen LogP contribution is -2.45. The number of nitrogens with one attached hydrogen (secondary N) is 3. The number of hydrogen-bond donors (Lipinski definition) is 3. The van der Waals surface area contributed by atoms with Gasteiger partial charge in [-0.05, 0) is 59.9 Å². The molecule has 1 fully saturated rings. The number of hydrogen-bond acceptors (Lipinski definition) is 4. The van der Waals surface area contributed by atoms with Gasteiger partial charge in [0.2, 0.25) is 15.9 Å². The summed E-state index contributed by atoms with van der Waals surface area (Å²) in [4.78, 5) is 11.4. The van der Waals surface area contributed by atoms with Crippen LogP contribution < -0.4 is 15.4 Å². The van der Waals surface area contributed by atoms with Crippen molar-refractivity contribution in [1.82, 2.24) is 10.0 Å². The van der Waals surface area contributed by atoms with Gasteiger partial charge in [0.25, 0.3) is 0 Å². The molecule has 1 atom stereocenters. The van der Waals surface area contributed by atoms with E-state index in [0.717, 1.165) is 19.4 Å². The smallest absolute Gasteiger partial charge is 0.241 e. The summed E-state index contributed by atoms with van der Waals surface area (Å²) in [6, 6.07) is 3.09. The van der Waals surface area contributed by atoms with E-state index in [1.165, 1.54) is 13.0 Å². The van der Waals surface area contributed by atoms with Crippen molar-refractivity contribution < 1.29 is 13.2 Å². The maximum atomic E-state index is 12.6. The summed E-state index contributed by atoms with van der Waals surface area (Å²) in [6.07, 6.45) is 1.79. The molecule has 1 heterocycles. The fourth-order valence-electron chi connectivity index (χ4n) is 2.47. The number of halogens is 2. The molecule has 0 bridgehead atoms. The molecule has 0 aromatic heterocycles. The second kappa shape index (κ2) is 8.43. The van der Waals surface area contributed by atoms with E-state index >= 15 is 0 Å². The highest BCUT2D eigenvalue weighted by atomic mass is 79.9. The van der Waals surface area contributed by atoms with Gasteiger partial charge in [0, 0.05) is 24.0 Å². The molecule has 1 aliphatic rings. The molecule has 1 aromatic rings. The van der Waals surface area contributed by atoms with Crippen LogP contribution in [0.4, 0.5) is 5.69 Å². The molecular formula is C14H21BrClN3O3S. The Hall–Kier alpha value is -0.670. The molecule has 1 amide bonds. The fourth-order valence-corrected chi connectivity index (χ4v) is 4.59. The zero-order valence-corrected chi connectivity index (χ0v) is 16.2. The van der Waals surface area contributed by atoms with Crippen LogP contribution in [0.3, 0.4) is 0 Å². The Bertz CT molecular complexity index is 676. The van der Waals surface area contributed by atoms with Gasteiger partial charge < -0.3 is 10.6 Å². The second-order valence-electron chi connectivity index (χ2n) is 5.44. The Morgan fingerprint density at radius 1 is 1.39 bits per heavy atom. The summed E-state index contributed by atoms with van der Waals surface area (Å²) < 4.78 is 28.4. The Labute approximate surface area is 151 Å². The van der Waals surface area contributed by atoms with Crippen molar-refractivity contribution in [2.24, 2.45) is 0 Å². The average molecular weight is 427 g/mol. The molecule has 1 aliphatic heterocycles. The standard InChI is InChI=1S/C14H20BrN3O3S.ClH/c1-9-6-13(17-10(2)19)12(15)7-14(9)22(20,21)18-11-4-3-5-16-8-11;/h6-7,11,16,18H,3-5,8H2,1-2H3,(H,17,19);1H. The van der Waals surface area contributed by atoms with Crippen LogP contribution in [0, 0.1) is 6.92 Å². The number of sulfonamides is 1. The molecule has 1 saturated heterocycles. The highest BCUT2D eigenvalue weighted by Crippen LogP contribution is 2.29. The van der Waals surface area contributed by atoms with Crippen LogP contribution in [0.5, 0.6) is 0 Å². The van der Waals surface area contributed by atoms with E-state index in [4.69, 9.17) is 0 Å². The summed E-state index contributed by atoms with van der Waals surface area (Å²) in [5.74, 6) is -0.206. The maximum Gasteiger partial charge on any atom is 0.241 e. The highest BCUT2D eigenvalue weighted by Gasteiger charge is 2.24. The average Bonchev–Trinajstić information content (AvgIpc) is 2.42. The molecule has 1 unspecified atom stereocenters. The van der Waals surface area contributed by atoms with Gasteiger partial charge in [-0.25, -0.2) is 13.1 Å². The van der Waals surface area contributed by atoms with Gasteiger partial charge >= 0.3 is 0 Å². The van der Waals surface area contributed by atoms with Gasteiger partial charge in [-0.2, -0.15) is 0 Å². The van der Waals surface area contributed by atoms with E-state index in [1.807, 2.05) is 0 Å². The number of benzene rings is 1. The lowest BCUT2D eigenvalue weighted by atomic mass is 10.1. The van der Waals surface area contributed by atoms with Crippen LogP contribution in [-0.2, 0) is 14.8 Å². The molecule has 2 rings (SSSR count). The predicted molar refractivity (Wildman–Crippen MR) is 96.6 cm³/mol. The molecule has 9 heteroatoms. The maximum absolute atomic E-state index is 12.6. The van der Waals surface area contributed by atoms with E-state index in [2.05, 4.69) is 31.3 Å². The lowest BCUT2D eigenvalue weighted by molar-refractivity contribution is -0.114. The lowest BCUT2D eigenvalue weighted by Gasteiger charge is -2.24. The van der Waals surface area contributed by atoms with Gasteiger partial charge in [-0.1, -0.05) is 0 Å². The number of piperidine rings is 1. The van der Waals surface area contributed by atoms with Crippen molar-refractivity contribution in [2.75, 3.05) is 18.4 Å². The number of carbonyl (C=O) groups excluding carboxylic acids is 1. The van der Waals surface area contributed by atoms with E-state index in [1.54, 1.807) is 13.0 Å². The first kappa shape index (κ1) is 20.4. The number of amides is 1. The van der Waals surface area contributed by atoms with Crippen molar-refractivity contribution in [3.8, 4) is 0 Å². The van der Waals surface area contributed by atoms with Crippen molar-refractivity contribution >= 4 is 50.0 Å². The molecule has 0 radical (unpaired) electrons. The second-order valence-corrected chi connectivity index (χ2v) is 7.98. The summed E-state index contributed by atoms with van der Waals surface area (Å²) in [5.41, 5.74) is 1.14. The monoisotopic (exact) mass is 425 g/mol. The summed E-state index contributed by atoms with van der Waals surface area (Å²) >= 11 is 3.31. The minimum atomic E-state index is -3.59. The van der Waals surface area contributed by atoms with E-state index in [9.17, 15) is 13.2 Å². The quantitative estimate of drug-likeness (QED) is 0.688. The Balaban J connectivity index is 0.00000264. The third-order valence-corrected chi connectivity index (χ3v) is 5.80. The third kappa shape index (κ3) is 5.42. The topological polar surface area (TPSA) is 87.3 Å². The van der Waals surface area contributed by atoms with Gasteiger partial charge in [0.1, 0.15) is 0 Å². The van der Waals surface area contributed by atoms with Crippen LogP contribution in [-0.4, -0.2) is 33.5 Å². The zero-order valence-electron chi connectivity index (χ0n) is 13.0. The zero-order chi connectivity index (χ0) is 16.3. The molecule has 23 heavy (non-hydrogen) atoms. The van der Waals surface area contributed by atoms with E-state index in [0.29, 0.717) is 22.3 Å². The number of anilines is 1. The van der Waals surface area contributed by atoms with Crippen LogP contribution >= 0.6 is 28.3 Å². The molecule has 0 saturated carbocycles. The van der Waals surface area contributed by atoms with Crippen LogP contribution in [0.25, 0.3) is 0 Å². The first-order chi connectivity index (χ1) is 10.3. The van der Waals surface area contributed by atoms with Gasteiger partial charge in [0.05, 0.1) is 10.6 Å². The summed E-state index contributed by atoms with van der Waals surface area (Å²) in [5, 5.41) is 5.84. The Morgan fingerprint density at radius 2 is 2.09 bits per heavy atom. The predicted octanol–water partition coefficient (Wildman–Crippen LogP) is 2.17. The minimum absolute atomic E-state index is 0. The van der Waals surface area contributed by atoms with Crippen molar-refractivity contribution in [3.05, 3.63) is 22.2 Å². The van der Waals surface area contributed by atoms with E-state index in [-0.39, 0.29) is 29.3 Å². The van der Waals surface area contributed by atoms with Crippen molar-refractivity contribution in [1.29, 1.82) is 0 Å². The largest absolute Gasteiger partial charge is 0.325 e. The molecule has 3 N–H and O–H groups in total. The Kier molecular flexibility index (Phi) is 7.47. The van der Waals surface area contributed by atoms with Crippen molar-refractivity contribution in [3.63, 3.8) is 0 Å². The van der Waals surface area contributed by atoms with Crippen LogP contribution in [0.2, 0.25) is 0 Å². The first-order valence-electron chi connectivity index (χ1n) is 7.10. The summed E-state index contributed by atoms with van der Waals surface area (Å²) in [7, 11) is -3.59. The third-order valence-electron chi connectivity index (χ3n) is 3.48. The Morgan fingerprint density at radius 3 is 2.65 bits per heavy atom. The number of aryl methyl sites for hydroxylation is 1. The molecule has 0 aliphatic carbocycles. The molecular weight excluding hydrogens is 406 g/mol. The number of carbonyl (C=O) groups is 1. The van der Waals surface area contributed by atoms with Gasteiger partial charge in [0.15, 0.2) is 0 Å². The molecule has 0 spiro atoms. The van der Waals surface area contributed by atoms with E-state index < -0.39 is 10.0 Å². The SMILES string of the molecule is CC(=O)Nc1cc(C)c(S(=O)(=O)NC2CCCNC2)cc1Br.Cl. The molecule has 6 nitrogen and oxygen atoms in total. The van der Waals surface area contributed by atoms with Crippen LogP contribution in [0.1, 0.15) is 25.3 Å². The number of rotatable bonds is 4. The summed E-state index contributed by atoms with van der Waals surface area (Å²) in [6.45, 7) is 4.69.